The van der Waals surface area contributed by atoms with Crippen LogP contribution in [-0.4, -0.2) is 42.0 Å². The summed E-state index contributed by atoms with van der Waals surface area (Å²) in [6.07, 6.45) is 1.83. The van der Waals surface area contributed by atoms with Crippen LogP contribution in [0.25, 0.3) is 0 Å². The molecule has 7 heteroatoms. The SMILES string of the molecule is CN=C(NCCCOc1ccc(C)cc1)NC(C)Cc1c(C)nn(C)c1C.I. The van der Waals surface area contributed by atoms with Gasteiger partial charge in [-0.3, -0.25) is 9.67 Å². The number of halogens is 1. The summed E-state index contributed by atoms with van der Waals surface area (Å²) in [5.74, 6) is 1.73. The molecule has 0 radical (unpaired) electrons. The van der Waals surface area contributed by atoms with Crippen molar-refractivity contribution in [2.75, 3.05) is 20.2 Å². The minimum absolute atomic E-state index is 0. The molecular formula is C21H34IN5O. The fourth-order valence-electron chi connectivity index (χ4n) is 3.00. The van der Waals surface area contributed by atoms with Gasteiger partial charge < -0.3 is 15.4 Å². The second kappa shape index (κ2) is 11.9. The highest BCUT2D eigenvalue weighted by atomic mass is 127. The van der Waals surface area contributed by atoms with E-state index < -0.39 is 0 Å². The first-order valence-electron chi connectivity index (χ1n) is 9.56. The van der Waals surface area contributed by atoms with Gasteiger partial charge in [-0.05, 0) is 58.2 Å². The molecule has 0 aliphatic rings. The Balaban J connectivity index is 0.00000392. The molecule has 1 unspecified atom stereocenters. The number of aryl methyl sites for hydroxylation is 3. The summed E-state index contributed by atoms with van der Waals surface area (Å²) in [7, 11) is 3.79. The van der Waals surface area contributed by atoms with Crippen LogP contribution in [0, 0.1) is 20.8 Å². The molecule has 1 aromatic carbocycles. The largest absolute Gasteiger partial charge is 0.494 e. The van der Waals surface area contributed by atoms with Crippen molar-refractivity contribution in [1.29, 1.82) is 0 Å². The summed E-state index contributed by atoms with van der Waals surface area (Å²) >= 11 is 0. The highest BCUT2D eigenvalue weighted by molar-refractivity contribution is 14.0. The van der Waals surface area contributed by atoms with E-state index in [1.807, 2.05) is 23.9 Å². The molecule has 1 atom stereocenters. The number of rotatable bonds is 8. The van der Waals surface area contributed by atoms with E-state index in [1.54, 1.807) is 7.05 Å². The minimum Gasteiger partial charge on any atom is -0.494 e. The number of benzene rings is 1. The number of guanidine groups is 1. The van der Waals surface area contributed by atoms with Gasteiger partial charge in [0.1, 0.15) is 5.75 Å². The zero-order chi connectivity index (χ0) is 19.8. The van der Waals surface area contributed by atoms with Crippen molar-refractivity contribution in [3.05, 3.63) is 46.8 Å². The number of nitrogens with zero attached hydrogens (tertiary/aromatic N) is 3. The smallest absolute Gasteiger partial charge is 0.191 e. The Hall–Kier alpha value is -1.77. The summed E-state index contributed by atoms with van der Waals surface area (Å²) in [5, 5.41) is 11.3. The zero-order valence-corrected chi connectivity index (χ0v) is 20.2. The van der Waals surface area contributed by atoms with Crippen LogP contribution in [0.1, 0.15) is 35.9 Å². The van der Waals surface area contributed by atoms with Crippen LogP contribution >= 0.6 is 24.0 Å². The maximum Gasteiger partial charge on any atom is 0.191 e. The Morgan fingerprint density at radius 1 is 1.21 bits per heavy atom. The molecule has 1 heterocycles. The van der Waals surface area contributed by atoms with Crippen molar-refractivity contribution in [3.63, 3.8) is 0 Å². The van der Waals surface area contributed by atoms with E-state index >= 15 is 0 Å². The lowest BCUT2D eigenvalue weighted by molar-refractivity contribution is 0.311. The van der Waals surface area contributed by atoms with E-state index in [-0.39, 0.29) is 30.0 Å². The van der Waals surface area contributed by atoms with Crippen molar-refractivity contribution in [2.24, 2.45) is 12.0 Å². The standard InChI is InChI=1S/C21H33N5O.HI/c1-15-8-10-19(11-9-15)27-13-7-12-23-21(22-5)24-16(2)14-20-17(3)25-26(6)18(20)4;/h8-11,16H,7,12-14H2,1-6H3,(H2,22,23,24);1H. The molecule has 0 saturated heterocycles. The first kappa shape index (κ1) is 24.3. The first-order chi connectivity index (χ1) is 12.9. The molecule has 0 aliphatic carbocycles. The van der Waals surface area contributed by atoms with E-state index in [2.05, 4.69) is 60.6 Å². The molecule has 0 bridgehead atoms. The van der Waals surface area contributed by atoms with Gasteiger partial charge in [0, 0.05) is 32.4 Å². The van der Waals surface area contributed by atoms with Gasteiger partial charge in [-0.2, -0.15) is 5.10 Å². The van der Waals surface area contributed by atoms with Crippen molar-refractivity contribution in [1.82, 2.24) is 20.4 Å². The Labute approximate surface area is 186 Å². The van der Waals surface area contributed by atoms with Gasteiger partial charge in [0.15, 0.2) is 5.96 Å². The lowest BCUT2D eigenvalue weighted by Gasteiger charge is -2.18. The minimum atomic E-state index is 0. The number of aliphatic imine (C=N–C) groups is 1. The topological polar surface area (TPSA) is 63.5 Å². The Morgan fingerprint density at radius 3 is 2.46 bits per heavy atom. The monoisotopic (exact) mass is 499 g/mol. The molecule has 0 saturated carbocycles. The van der Waals surface area contributed by atoms with Gasteiger partial charge >= 0.3 is 0 Å². The van der Waals surface area contributed by atoms with Crippen molar-refractivity contribution in [3.8, 4) is 5.75 Å². The maximum absolute atomic E-state index is 5.76. The number of ether oxygens (including phenoxy) is 1. The highest BCUT2D eigenvalue weighted by Gasteiger charge is 2.13. The van der Waals surface area contributed by atoms with Crippen LogP contribution in [0.15, 0.2) is 29.3 Å². The normalized spacial score (nSPS) is 12.3. The third kappa shape index (κ3) is 7.33. The quantitative estimate of drug-likeness (QED) is 0.253. The van der Waals surface area contributed by atoms with Gasteiger partial charge in [-0.25, -0.2) is 0 Å². The zero-order valence-electron chi connectivity index (χ0n) is 17.9. The lowest BCUT2D eigenvalue weighted by Crippen LogP contribution is -2.43. The number of aromatic nitrogens is 2. The van der Waals surface area contributed by atoms with Crippen molar-refractivity contribution >= 4 is 29.9 Å². The summed E-state index contributed by atoms with van der Waals surface area (Å²) in [6, 6.07) is 8.40. The molecule has 0 aliphatic heterocycles. The Morgan fingerprint density at radius 2 is 1.89 bits per heavy atom. The predicted molar refractivity (Wildman–Crippen MR) is 127 cm³/mol. The fraction of sp³-hybridized carbons (Fsp3) is 0.524. The van der Waals surface area contributed by atoms with E-state index in [1.165, 1.54) is 16.8 Å². The molecule has 0 amide bonds. The lowest BCUT2D eigenvalue weighted by atomic mass is 10.1. The van der Waals surface area contributed by atoms with Crippen LogP contribution in [-0.2, 0) is 13.5 Å². The van der Waals surface area contributed by atoms with Crippen LogP contribution in [0.5, 0.6) is 5.75 Å². The molecule has 2 N–H and O–H groups in total. The van der Waals surface area contributed by atoms with E-state index in [0.29, 0.717) is 6.61 Å². The number of hydrogen-bond acceptors (Lipinski definition) is 3. The van der Waals surface area contributed by atoms with Gasteiger partial charge in [0.05, 0.1) is 12.3 Å². The third-order valence-corrected chi connectivity index (χ3v) is 4.68. The fourth-order valence-corrected chi connectivity index (χ4v) is 3.00. The van der Waals surface area contributed by atoms with Gasteiger partial charge in [-0.15, -0.1) is 24.0 Å². The Kier molecular flexibility index (Phi) is 10.3. The average molecular weight is 499 g/mol. The van der Waals surface area contributed by atoms with Crippen molar-refractivity contribution < 1.29 is 4.74 Å². The van der Waals surface area contributed by atoms with Gasteiger partial charge in [0.2, 0.25) is 0 Å². The second-order valence-electron chi connectivity index (χ2n) is 7.04. The van der Waals surface area contributed by atoms with Crippen LogP contribution in [0.3, 0.4) is 0 Å². The van der Waals surface area contributed by atoms with Gasteiger partial charge in [0.25, 0.3) is 0 Å². The summed E-state index contributed by atoms with van der Waals surface area (Å²) in [5.41, 5.74) is 4.86. The molecule has 156 valence electrons. The number of nitrogens with one attached hydrogen (secondary N) is 2. The summed E-state index contributed by atoms with van der Waals surface area (Å²) < 4.78 is 7.70. The first-order valence-corrected chi connectivity index (χ1v) is 9.56. The molecule has 0 fully saturated rings. The molecular weight excluding hydrogens is 465 g/mol. The molecule has 2 aromatic rings. The molecule has 2 rings (SSSR count). The number of hydrogen-bond donors (Lipinski definition) is 2. The Bertz CT molecular complexity index is 755. The summed E-state index contributed by atoms with van der Waals surface area (Å²) in [6.45, 7) is 9.91. The maximum atomic E-state index is 5.76. The average Bonchev–Trinajstić information content (AvgIpc) is 2.88. The molecule has 1 aromatic heterocycles. The van der Waals surface area contributed by atoms with Crippen LogP contribution < -0.4 is 15.4 Å². The van der Waals surface area contributed by atoms with E-state index in [9.17, 15) is 0 Å². The molecule has 28 heavy (non-hydrogen) atoms. The molecule has 6 nitrogen and oxygen atoms in total. The van der Waals surface area contributed by atoms with Crippen LogP contribution in [0.4, 0.5) is 0 Å². The molecule has 0 spiro atoms. The third-order valence-electron chi connectivity index (χ3n) is 4.68. The van der Waals surface area contributed by atoms with Gasteiger partial charge in [-0.1, -0.05) is 17.7 Å². The highest BCUT2D eigenvalue weighted by Crippen LogP contribution is 2.14. The van der Waals surface area contributed by atoms with E-state index in [4.69, 9.17) is 4.74 Å². The predicted octanol–water partition coefficient (Wildman–Crippen LogP) is 3.53. The van der Waals surface area contributed by atoms with E-state index in [0.717, 1.165) is 36.8 Å². The van der Waals surface area contributed by atoms with Crippen LogP contribution in [0.2, 0.25) is 0 Å². The second-order valence-corrected chi connectivity index (χ2v) is 7.04. The van der Waals surface area contributed by atoms with Crippen molar-refractivity contribution in [2.45, 2.75) is 46.6 Å². The summed E-state index contributed by atoms with van der Waals surface area (Å²) in [4.78, 5) is 4.32.